The largest absolute Gasteiger partial charge is 0.479 e. The minimum Gasteiger partial charge on any atom is -0.479 e. The smallest absolute Gasteiger partial charge is 0.335 e. The number of carbonyl (C=O) groups excluding carboxylic acids is 2. The fourth-order valence-corrected chi connectivity index (χ4v) is 16.2. The molecule has 4 saturated carbocycles. The lowest BCUT2D eigenvalue weighted by Gasteiger charge is -2.72. The Balaban J connectivity index is 1.12. The zero-order valence-electron chi connectivity index (χ0n) is 46.4. The molecule has 7 fully saturated rings. The Morgan fingerprint density at radius 2 is 1.24 bits per heavy atom. The molecule has 3 heterocycles. The molecule has 27 atom stereocenters. The van der Waals surface area contributed by atoms with Crippen molar-refractivity contribution in [3.8, 4) is 0 Å². The van der Waals surface area contributed by atoms with Gasteiger partial charge < -0.3 is 104 Å². The number of aliphatic hydroxyl groups excluding tert-OH is 12. The normalized spacial score (nSPS) is 50.6. The molecule has 24 heteroatoms. The lowest BCUT2D eigenvalue weighted by molar-refractivity contribution is -0.392. The number of ether oxygens (including phenoxy) is 8. The number of carboxylic acid groups (broad SMARTS) is 1. The predicted molar refractivity (Wildman–Crippen MR) is 269 cm³/mol. The topological polar surface area (TPSA) is 388 Å². The van der Waals surface area contributed by atoms with Crippen molar-refractivity contribution in [3.05, 3.63) is 23.3 Å². The number of aliphatic hydroxyl groups is 12. The van der Waals surface area contributed by atoms with Gasteiger partial charge in [0.15, 0.2) is 25.0 Å². The number of carbonyl (C=O) groups is 3. The van der Waals surface area contributed by atoms with Crippen LogP contribution in [0.1, 0.15) is 107 Å². The summed E-state index contributed by atoms with van der Waals surface area (Å²) in [6.45, 7) is 14.1. The van der Waals surface area contributed by atoms with Crippen molar-refractivity contribution in [1.82, 2.24) is 0 Å². The van der Waals surface area contributed by atoms with E-state index < -0.39 is 199 Å². The van der Waals surface area contributed by atoms with Crippen LogP contribution in [0.5, 0.6) is 0 Å². The van der Waals surface area contributed by atoms with Crippen LogP contribution in [0.3, 0.4) is 0 Å². The summed E-state index contributed by atoms with van der Waals surface area (Å²) in [5.74, 6) is -3.88. The van der Waals surface area contributed by atoms with Crippen molar-refractivity contribution in [2.45, 2.75) is 224 Å². The number of fused-ring (bicyclic) bond motifs is 7. The van der Waals surface area contributed by atoms with Gasteiger partial charge in [0, 0.05) is 23.3 Å². The van der Waals surface area contributed by atoms with E-state index in [0.29, 0.717) is 37.7 Å². The third kappa shape index (κ3) is 9.94. The Labute approximate surface area is 459 Å². The molecule has 450 valence electrons. The van der Waals surface area contributed by atoms with E-state index in [0.717, 1.165) is 5.57 Å². The van der Waals surface area contributed by atoms with Gasteiger partial charge >= 0.3 is 17.9 Å². The fourth-order valence-electron chi connectivity index (χ4n) is 16.2. The molecule has 0 aromatic carbocycles. The maximum Gasteiger partial charge on any atom is 0.335 e. The summed E-state index contributed by atoms with van der Waals surface area (Å²) in [5.41, 5.74) is -3.78. The third-order valence-corrected chi connectivity index (χ3v) is 21.1. The van der Waals surface area contributed by atoms with E-state index in [2.05, 4.69) is 26.8 Å². The molecule has 0 radical (unpaired) electrons. The molecule has 0 amide bonds. The zero-order chi connectivity index (χ0) is 58.4. The molecule has 8 rings (SSSR count). The van der Waals surface area contributed by atoms with Crippen LogP contribution in [-0.4, -0.2) is 227 Å². The van der Waals surface area contributed by atoms with Crippen molar-refractivity contribution in [2.75, 3.05) is 26.4 Å². The van der Waals surface area contributed by atoms with Crippen LogP contribution in [0.15, 0.2) is 23.3 Å². The highest BCUT2D eigenvalue weighted by Crippen LogP contribution is 2.76. The van der Waals surface area contributed by atoms with Gasteiger partial charge in [-0.15, -0.1) is 0 Å². The molecular weight excluding hydrogens is 1040 g/mol. The molecule has 10 unspecified atom stereocenters. The fraction of sp³-hybridized carbons (Fsp3) is 0.873. The first-order valence-electron chi connectivity index (χ1n) is 27.7. The molecule has 3 aliphatic heterocycles. The van der Waals surface area contributed by atoms with Crippen LogP contribution in [0.2, 0.25) is 0 Å². The molecular formula is C55H86O24. The Morgan fingerprint density at radius 3 is 1.76 bits per heavy atom. The molecule has 5 aliphatic carbocycles. The molecule has 13 N–H and O–H groups in total. The maximum absolute atomic E-state index is 13.4. The summed E-state index contributed by atoms with van der Waals surface area (Å²) in [4.78, 5) is 39.5. The standard InChI is InChI=1S/C55H86O24/c1-10-23(2)46(71)79-43-44(72-24(3)60)55(22-59)26(17-50(43,4)5)25-11-12-30-51(6)15-14-32(52(7,21-58)29(51)13-16-53(30,8)54(25,9)18-31(55)61)75-49-41(77-48-38(67)36(65)34(63)28(20-57)74-48)39(68)40(42(78-49)45(69)70)76-47-37(66)35(64)33(62)27(19-56)73-47/h10-11,26-44,47-49,56-59,61-68H,12-22H2,1-9H3,(H,69,70)/t26?,27?,28?,29?,30?,31-,32+,33-,34-,35-,36-,37?,38?,39-,40+,41?,42?,43+,44+,47+,48+,49-,51+,52-,53-,54-,55?/m1/s1. The minimum atomic E-state index is -2.18. The maximum atomic E-state index is 13.4. The van der Waals surface area contributed by atoms with Crippen LogP contribution in [0, 0.1) is 50.2 Å². The van der Waals surface area contributed by atoms with E-state index in [1.807, 2.05) is 20.8 Å². The summed E-state index contributed by atoms with van der Waals surface area (Å²) in [7, 11) is 0. The molecule has 8 aliphatic rings. The van der Waals surface area contributed by atoms with E-state index >= 15 is 0 Å². The van der Waals surface area contributed by atoms with E-state index in [1.165, 1.54) is 6.92 Å². The predicted octanol–water partition coefficient (Wildman–Crippen LogP) is -1.32. The van der Waals surface area contributed by atoms with Crippen LogP contribution in [-0.2, 0) is 52.3 Å². The summed E-state index contributed by atoms with van der Waals surface area (Å²) in [6, 6.07) is 0. The van der Waals surface area contributed by atoms with Gasteiger partial charge in [-0.05, 0) is 92.8 Å². The number of rotatable bonds is 14. The summed E-state index contributed by atoms with van der Waals surface area (Å²) < 4.78 is 48.2. The first-order chi connectivity index (χ1) is 36.9. The van der Waals surface area contributed by atoms with Gasteiger partial charge in [0.05, 0.1) is 44.1 Å². The SMILES string of the molecule is CC=C(C)C(=O)O[C@H]1[C@H](OC(C)=O)C2(CO)C(CC1(C)C)C1=CCC3[C@@]4(C)CC[C@H](O[C@@H]5OC(C(=O)O)[C@@H](O[C@@H]6OC(CO)[C@@H](O)[C@@H](O)C6O)[C@@H](O)C5O[C@@H]5OC(CO)[C@@H](O)[C@@H](O)C5O)[C@](C)(CO)C4CC[C@@]3(C)[C@]1(C)C[C@H]2O. The summed E-state index contributed by atoms with van der Waals surface area (Å²) >= 11 is 0. The second kappa shape index (κ2) is 22.6. The third-order valence-electron chi connectivity index (χ3n) is 21.1. The molecule has 0 aromatic rings. The second-order valence-electron chi connectivity index (χ2n) is 25.5. The Kier molecular flexibility index (Phi) is 17.8. The summed E-state index contributed by atoms with van der Waals surface area (Å²) in [6.07, 6.45) is -26.5. The minimum absolute atomic E-state index is 0.0849. The van der Waals surface area contributed by atoms with E-state index in [-0.39, 0.29) is 24.7 Å². The highest BCUT2D eigenvalue weighted by Gasteiger charge is 2.74. The number of allylic oxidation sites excluding steroid dienone is 3. The van der Waals surface area contributed by atoms with Crippen LogP contribution >= 0.6 is 0 Å². The van der Waals surface area contributed by atoms with E-state index in [4.69, 9.17) is 37.9 Å². The zero-order valence-corrected chi connectivity index (χ0v) is 46.4. The average molecular weight is 1130 g/mol. The highest BCUT2D eigenvalue weighted by atomic mass is 16.8. The molecule has 0 bridgehead atoms. The second-order valence-corrected chi connectivity index (χ2v) is 25.5. The van der Waals surface area contributed by atoms with Gasteiger partial charge in [-0.2, -0.15) is 0 Å². The highest BCUT2D eigenvalue weighted by molar-refractivity contribution is 5.87. The Hall–Kier alpha value is -2.83. The number of hydrogen-bond donors (Lipinski definition) is 13. The van der Waals surface area contributed by atoms with Crippen LogP contribution in [0.4, 0.5) is 0 Å². The molecule has 0 spiro atoms. The van der Waals surface area contributed by atoms with Gasteiger partial charge in [0.25, 0.3) is 0 Å². The van der Waals surface area contributed by atoms with Gasteiger partial charge in [-0.3, -0.25) is 4.79 Å². The number of esters is 2. The molecule has 3 saturated heterocycles. The Bertz CT molecular complexity index is 2290. The van der Waals surface area contributed by atoms with Gasteiger partial charge in [0.2, 0.25) is 0 Å². The quantitative estimate of drug-likeness (QED) is 0.0415. The van der Waals surface area contributed by atoms with Crippen molar-refractivity contribution in [1.29, 1.82) is 0 Å². The number of hydrogen-bond acceptors (Lipinski definition) is 23. The van der Waals surface area contributed by atoms with Gasteiger partial charge in [0.1, 0.15) is 79.4 Å². The number of aliphatic carboxylic acids is 1. The van der Waals surface area contributed by atoms with E-state index in [1.54, 1.807) is 19.9 Å². The average Bonchev–Trinajstić information content (AvgIpc) is 3.25. The Morgan fingerprint density at radius 1 is 0.658 bits per heavy atom. The summed E-state index contributed by atoms with van der Waals surface area (Å²) in [5, 5.41) is 143. The first kappa shape index (κ1) is 62.2. The van der Waals surface area contributed by atoms with Gasteiger partial charge in [-0.1, -0.05) is 59.3 Å². The monoisotopic (exact) mass is 1130 g/mol. The van der Waals surface area contributed by atoms with Crippen molar-refractivity contribution >= 4 is 17.9 Å². The lowest BCUT2D eigenvalue weighted by Crippen LogP contribution is -2.72. The number of carboxylic acids is 1. The van der Waals surface area contributed by atoms with Gasteiger partial charge in [-0.25, -0.2) is 9.59 Å². The van der Waals surface area contributed by atoms with E-state index in [9.17, 15) is 80.8 Å². The van der Waals surface area contributed by atoms with Crippen molar-refractivity contribution < 1.29 is 119 Å². The molecule has 24 nitrogen and oxygen atoms in total. The molecule has 0 aromatic heterocycles. The molecule has 79 heavy (non-hydrogen) atoms. The lowest BCUT2D eigenvalue weighted by atomic mass is 9.33. The van der Waals surface area contributed by atoms with Crippen LogP contribution in [0.25, 0.3) is 0 Å². The van der Waals surface area contributed by atoms with Crippen molar-refractivity contribution in [3.63, 3.8) is 0 Å². The van der Waals surface area contributed by atoms with Crippen LogP contribution < -0.4 is 0 Å². The first-order valence-corrected chi connectivity index (χ1v) is 27.7. The van der Waals surface area contributed by atoms with Crippen molar-refractivity contribution in [2.24, 2.45) is 50.2 Å².